The van der Waals surface area contributed by atoms with Gasteiger partial charge in [-0.05, 0) is 56.3 Å². The Morgan fingerprint density at radius 2 is 2.14 bits per heavy atom. The molecule has 37 heavy (non-hydrogen) atoms. The molecule has 1 unspecified atom stereocenters. The highest BCUT2D eigenvalue weighted by atomic mass is 16.3. The van der Waals surface area contributed by atoms with Crippen LogP contribution < -0.4 is 27.2 Å². The molecule has 11 heteroatoms. The molecule has 0 aliphatic carbocycles. The van der Waals surface area contributed by atoms with Crippen LogP contribution in [0.5, 0.6) is 0 Å². The summed E-state index contributed by atoms with van der Waals surface area (Å²) in [5.41, 5.74) is 17.8. The van der Waals surface area contributed by atoms with Crippen LogP contribution in [-0.2, 0) is 0 Å². The summed E-state index contributed by atoms with van der Waals surface area (Å²) < 4.78 is 1.88. The van der Waals surface area contributed by atoms with Crippen molar-refractivity contribution in [2.24, 2.45) is 10.7 Å². The zero-order valence-electron chi connectivity index (χ0n) is 20.6. The van der Waals surface area contributed by atoms with Crippen LogP contribution in [0, 0.1) is 11.3 Å². The van der Waals surface area contributed by atoms with E-state index in [2.05, 4.69) is 26.5 Å². The third-order valence-corrected chi connectivity index (χ3v) is 6.18. The molecule has 0 spiro atoms. The summed E-state index contributed by atoms with van der Waals surface area (Å²) in [4.78, 5) is 14.1. The lowest BCUT2D eigenvalue weighted by molar-refractivity contribution is 0.199. The molecule has 2 aliphatic rings. The van der Waals surface area contributed by atoms with Crippen LogP contribution in [0.2, 0.25) is 0 Å². The first-order valence-corrected chi connectivity index (χ1v) is 11.9. The number of anilines is 1. The summed E-state index contributed by atoms with van der Waals surface area (Å²) in [6, 6.07) is 11.6. The van der Waals surface area contributed by atoms with Gasteiger partial charge in [-0.25, -0.2) is 15.0 Å². The number of nitrogens with one attached hydrogen (secondary N) is 4. The average Bonchev–Trinajstić information content (AvgIpc) is 3.33. The van der Waals surface area contributed by atoms with E-state index in [0.29, 0.717) is 48.0 Å². The van der Waals surface area contributed by atoms with Crippen LogP contribution in [0.1, 0.15) is 31.9 Å². The Labute approximate surface area is 214 Å². The molecule has 1 aromatic carbocycles. The van der Waals surface area contributed by atoms with Crippen LogP contribution in [0.15, 0.2) is 76.6 Å². The van der Waals surface area contributed by atoms with E-state index in [4.69, 9.17) is 15.7 Å². The maximum atomic E-state index is 10.4. The minimum Gasteiger partial charge on any atom is -0.390 e. The van der Waals surface area contributed by atoms with Crippen molar-refractivity contribution < 1.29 is 5.11 Å². The fourth-order valence-electron chi connectivity index (χ4n) is 4.20. The van der Waals surface area contributed by atoms with Gasteiger partial charge >= 0.3 is 0 Å². The largest absolute Gasteiger partial charge is 0.390 e. The predicted molar refractivity (Wildman–Crippen MR) is 143 cm³/mol. The minimum absolute atomic E-state index is 0.131. The number of hydrogen-bond acceptors (Lipinski definition) is 10. The average molecular weight is 497 g/mol. The van der Waals surface area contributed by atoms with E-state index >= 15 is 0 Å². The third-order valence-electron chi connectivity index (χ3n) is 6.18. The van der Waals surface area contributed by atoms with Gasteiger partial charge in [-0.2, -0.15) is 5.26 Å². The number of aromatic nitrogens is 3. The fourth-order valence-corrected chi connectivity index (χ4v) is 4.20. The second-order valence-corrected chi connectivity index (χ2v) is 8.87. The molecular weight excluding hydrogens is 468 g/mol. The topological polar surface area (TPSA) is 161 Å². The number of hydrogen-bond donors (Lipinski definition) is 6. The maximum Gasteiger partial charge on any atom is 0.160 e. The Kier molecular flexibility index (Phi) is 6.59. The Morgan fingerprint density at radius 1 is 1.27 bits per heavy atom. The molecule has 0 radical (unpaired) electrons. The molecule has 7 N–H and O–H groups in total. The number of aliphatic imine (C=N–C) groups is 1. The number of rotatable bonds is 5. The van der Waals surface area contributed by atoms with Gasteiger partial charge in [0.1, 0.15) is 29.7 Å². The Balaban J connectivity index is 1.51. The molecule has 0 amide bonds. The van der Waals surface area contributed by atoms with E-state index in [0.717, 1.165) is 28.2 Å². The summed E-state index contributed by atoms with van der Waals surface area (Å²) in [6.45, 7) is 4.82. The number of nitrogens with zero attached hydrogens (tertiary/aromatic N) is 5. The van der Waals surface area contributed by atoms with Crippen molar-refractivity contribution in [1.29, 1.82) is 5.26 Å². The number of nitriles is 1. The van der Waals surface area contributed by atoms with E-state index in [-0.39, 0.29) is 5.70 Å². The molecular formula is C26H28N10O. The van der Waals surface area contributed by atoms with Gasteiger partial charge in [-0.1, -0.05) is 0 Å². The van der Waals surface area contributed by atoms with E-state index < -0.39 is 6.10 Å². The molecule has 3 aromatic rings. The first-order chi connectivity index (χ1) is 17.9. The second kappa shape index (κ2) is 10.1. The number of piperidine rings is 1. The number of pyridine rings is 1. The van der Waals surface area contributed by atoms with Crippen molar-refractivity contribution in [3.63, 3.8) is 0 Å². The second-order valence-electron chi connectivity index (χ2n) is 8.87. The molecule has 4 heterocycles. The van der Waals surface area contributed by atoms with Gasteiger partial charge in [0.25, 0.3) is 0 Å². The standard InChI is InChI=1S/C26H28N10O/c1-15-3-7-24(35-34-15)31-17-4-6-23-22(11-17)30-14-36(23)25-8-5-18(16(2)37)26(33-25)32-21-9-10-29-13-19(21)20(28)12-27/h3-8,11,14,16,29,31,34-35,37H,9-10,13,28H2,1-2H3/b20-19-,32-21+. The number of fused-ring (bicyclic) bond motifs is 1. The van der Waals surface area contributed by atoms with E-state index in [1.807, 2.05) is 60.0 Å². The number of imidazole rings is 1. The van der Waals surface area contributed by atoms with Gasteiger partial charge in [0.05, 0.1) is 22.8 Å². The molecule has 5 rings (SSSR count). The lowest BCUT2D eigenvalue weighted by Crippen LogP contribution is -2.34. The highest BCUT2D eigenvalue weighted by Gasteiger charge is 2.19. The van der Waals surface area contributed by atoms with Gasteiger partial charge in [-0.15, -0.1) is 0 Å². The number of hydrazine groups is 1. The first-order valence-electron chi connectivity index (χ1n) is 11.9. The maximum absolute atomic E-state index is 10.4. The van der Waals surface area contributed by atoms with E-state index in [9.17, 15) is 10.4 Å². The van der Waals surface area contributed by atoms with Crippen molar-refractivity contribution in [1.82, 2.24) is 30.7 Å². The number of allylic oxidation sites excluding steroid dienone is 4. The van der Waals surface area contributed by atoms with Gasteiger partial charge in [0, 0.05) is 42.0 Å². The number of nitrogens with two attached hydrogens (primary N) is 1. The summed E-state index contributed by atoms with van der Waals surface area (Å²) in [6.07, 6.45) is 5.48. The van der Waals surface area contributed by atoms with Crippen LogP contribution in [0.4, 0.5) is 11.5 Å². The highest BCUT2D eigenvalue weighted by Crippen LogP contribution is 2.29. The predicted octanol–water partition coefficient (Wildman–Crippen LogP) is 2.54. The van der Waals surface area contributed by atoms with Gasteiger partial charge in [0.15, 0.2) is 5.82 Å². The van der Waals surface area contributed by atoms with Crippen molar-refractivity contribution in [3.05, 3.63) is 77.2 Å². The fraction of sp³-hybridized carbons (Fsp3) is 0.231. The van der Waals surface area contributed by atoms with Crippen molar-refractivity contribution >= 4 is 28.3 Å². The smallest absolute Gasteiger partial charge is 0.160 e. The SMILES string of the molecule is CC1=CC=C(Nc2ccc3c(c2)ncn3-c2ccc(C(C)O)c(/N=C3\CCNC\C3=C(\N)C#N)n2)NN1. The van der Waals surface area contributed by atoms with Crippen LogP contribution in [0.25, 0.3) is 16.9 Å². The number of benzene rings is 1. The van der Waals surface area contributed by atoms with Gasteiger partial charge in [0.2, 0.25) is 0 Å². The zero-order valence-corrected chi connectivity index (χ0v) is 20.6. The molecule has 0 saturated carbocycles. The van der Waals surface area contributed by atoms with E-state index in [1.165, 1.54) is 0 Å². The molecule has 11 nitrogen and oxygen atoms in total. The van der Waals surface area contributed by atoms with Gasteiger partial charge < -0.3 is 26.9 Å². The quantitative estimate of drug-likeness (QED) is 0.292. The van der Waals surface area contributed by atoms with Crippen LogP contribution in [-0.4, -0.2) is 38.4 Å². The minimum atomic E-state index is -0.771. The normalized spacial score (nSPS) is 18.8. The Morgan fingerprint density at radius 3 is 2.89 bits per heavy atom. The van der Waals surface area contributed by atoms with Crippen molar-refractivity contribution in [2.75, 3.05) is 18.4 Å². The van der Waals surface area contributed by atoms with Crippen LogP contribution >= 0.6 is 0 Å². The monoisotopic (exact) mass is 496 g/mol. The molecule has 2 aromatic heterocycles. The Bertz CT molecular complexity index is 1520. The first kappa shape index (κ1) is 24.1. The number of aliphatic hydroxyl groups excluding tert-OH is 1. The molecule has 0 bridgehead atoms. The molecule has 2 aliphatic heterocycles. The Hall–Kier alpha value is -4.66. The van der Waals surface area contributed by atoms with E-state index in [1.54, 1.807) is 13.3 Å². The number of aliphatic hydroxyl groups is 1. The summed E-state index contributed by atoms with van der Waals surface area (Å²) >= 11 is 0. The van der Waals surface area contributed by atoms with Crippen molar-refractivity contribution in [2.45, 2.75) is 26.4 Å². The lowest BCUT2D eigenvalue weighted by Gasteiger charge is -2.19. The molecule has 1 atom stereocenters. The van der Waals surface area contributed by atoms with Crippen LogP contribution in [0.3, 0.4) is 0 Å². The summed E-state index contributed by atoms with van der Waals surface area (Å²) in [5, 5.41) is 26.2. The molecule has 1 saturated heterocycles. The lowest BCUT2D eigenvalue weighted by atomic mass is 10.0. The third kappa shape index (κ3) is 5.02. The highest BCUT2D eigenvalue weighted by molar-refractivity contribution is 6.03. The van der Waals surface area contributed by atoms with Crippen molar-refractivity contribution in [3.8, 4) is 11.9 Å². The molecule has 1 fully saturated rings. The van der Waals surface area contributed by atoms with Gasteiger partial charge in [-0.3, -0.25) is 9.99 Å². The molecule has 188 valence electrons. The summed E-state index contributed by atoms with van der Waals surface area (Å²) in [5.74, 6) is 1.83. The zero-order chi connectivity index (χ0) is 25.9. The summed E-state index contributed by atoms with van der Waals surface area (Å²) in [7, 11) is 0.